The van der Waals surface area contributed by atoms with Crippen molar-refractivity contribution < 1.29 is 19.1 Å². The summed E-state index contributed by atoms with van der Waals surface area (Å²) in [6, 6.07) is 5.33. The van der Waals surface area contributed by atoms with Gasteiger partial charge in [-0.15, -0.1) is 0 Å². The Kier molecular flexibility index (Phi) is 7.93. The van der Waals surface area contributed by atoms with Crippen LogP contribution in [-0.4, -0.2) is 66.5 Å². The predicted molar refractivity (Wildman–Crippen MR) is 143 cm³/mol. The monoisotopic (exact) mass is 511 g/mol. The van der Waals surface area contributed by atoms with Gasteiger partial charge in [-0.1, -0.05) is 0 Å². The smallest absolute Gasteiger partial charge is 0.257 e. The standard InChI is InChI=1S/C26H33N5O4S/c1-6-30(7-2)26(33)19-15-27-25-22(16(3)29-36-25)23(19)31-12-10-17(11-13-31)24(32)28-20-9-8-18(34-4)14-21(20)35-5/h8-9,14-15,17H,6-7,10-13H2,1-5H3,(H,28,32). The summed E-state index contributed by atoms with van der Waals surface area (Å²) in [5.74, 6) is 1.01. The number of nitrogens with zero attached hydrogens (tertiary/aromatic N) is 4. The zero-order chi connectivity index (χ0) is 25.8. The van der Waals surface area contributed by atoms with Crippen LogP contribution in [0.3, 0.4) is 0 Å². The van der Waals surface area contributed by atoms with E-state index < -0.39 is 0 Å². The summed E-state index contributed by atoms with van der Waals surface area (Å²) in [5, 5.41) is 3.95. The van der Waals surface area contributed by atoms with Gasteiger partial charge in [0.25, 0.3) is 5.91 Å². The summed E-state index contributed by atoms with van der Waals surface area (Å²) in [4.78, 5) is 35.9. The van der Waals surface area contributed by atoms with Gasteiger partial charge in [0.05, 0.1) is 42.2 Å². The molecule has 0 aliphatic carbocycles. The zero-order valence-corrected chi connectivity index (χ0v) is 22.3. The van der Waals surface area contributed by atoms with Gasteiger partial charge in [0.2, 0.25) is 5.91 Å². The number of carbonyl (C=O) groups is 2. The number of amides is 2. The van der Waals surface area contributed by atoms with Crippen molar-refractivity contribution in [3.63, 3.8) is 0 Å². The Hall–Kier alpha value is -3.40. The lowest BCUT2D eigenvalue weighted by molar-refractivity contribution is -0.120. The number of piperidine rings is 1. The number of pyridine rings is 1. The molecule has 1 N–H and O–H groups in total. The van der Waals surface area contributed by atoms with Crippen molar-refractivity contribution in [2.24, 2.45) is 5.92 Å². The summed E-state index contributed by atoms with van der Waals surface area (Å²) < 4.78 is 15.2. The Balaban J connectivity index is 1.55. The molecule has 0 unspecified atom stereocenters. The Morgan fingerprint density at radius 3 is 2.53 bits per heavy atom. The molecule has 0 bridgehead atoms. The van der Waals surface area contributed by atoms with Crippen molar-refractivity contribution in [1.82, 2.24) is 14.3 Å². The van der Waals surface area contributed by atoms with Gasteiger partial charge in [0.1, 0.15) is 16.3 Å². The van der Waals surface area contributed by atoms with Gasteiger partial charge < -0.3 is 24.6 Å². The second-order valence-corrected chi connectivity index (χ2v) is 9.51. The van der Waals surface area contributed by atoms with Crippen LogP contribution in [0, 0.1) is 12.8 Å². The van der Waals surface area contributed by atoms with Crippen molar-refractivity contribution in [2.75, 3.05) is 50.6 Å². The zero-order valence-electron chi connectivity index (χ0n) is 21.5. The van der Waals surface area contributed by atoms with Crippen molar-refractivity contribution in [2.45, 2.75) is 33.6 Å². The molecule has 2 aromatic heterocycles. The Morgan fingerprint density at radius 1 is 1.17 bits per heavy atom. The average molecular weight is 512 g/mol. The number of nitrogens with one attached hydrogen (secondary N) is 1. The van der Waals surface area contributed by atoms with Crippen LogP contribution in [0.2, 0.25) is 0 Å². The molecule has 10 heteroatoms. The second kappa shape index (κ2) is 11.1. The van der Waals surface area contributed by atoms with E-state index >= 15 is 0 Å². The van der Waals surface area contributed by atoms with Gasteiger partial charge in [0.15, 0.2) is 0 Å². The van der Waals surface area contributed by atoms with Gasteiger partial charge >= 0.3 is 0 Å². The SMILES string of the molecule is CCN(CC)C(=O)c1cnc2snc(C)c2c1N1CCC(C(=O)Nc2ccc(OC)cc2OC)CC1. The molecule has 3 heterocycles. The van der Waals surface area contributed by atoms with Crippen LogP contribution < -0.4 is 19.7 Å². The lowest BCUT2D eigenvalue weighted by Gasteiger charge is -2.35. The number of benzene rings is 1. The molecular formula is C26H33N5O4S. The molecule has 2 amide bonds. The number of methoxy groups -OCH3 is 2. The third-order valence-electron chi connectivity index (χ3n) is 6.78. The fourth-order valence-electron chi connectivity index (χ4n) is 4.71. The summed E-state index contributed by atoms with van der Waals surface area (Å²) in [6.45, 7) is 8.49. The summed E-state index contributed by atoms with van der Waals surface area (Å²) in [6.07, 6.45) is 3.03. The van der Waals surface area contributed by atoms with Gasteiger partial charge in [0, 0.05) is 44.4 Å². The minimum absolute atomic E-state index is 0.0264. The molecule has 0 atom stereocenters. The van der Waals surface area contributed by atoms with E-state index in [-0.39, 0.29) is 17.7 Å². The Bertz CT molecular complexity index is 1250. The lowest BCUT2D eigenvalue weighted by atomic mass is 9.94. The van der Waals surface area contributed by atoms with E-state index in [2.05, 4.69) is 19.6 Å². The van der Waals surface area contributed by atoms with E-state index in [0.29, 0.717) is 61.8 Å². The van der Waals surface area contributed by atoms with Crippen molar-refractivity contribution in [3.05, 3.63) is 35.7 Å². The number of carbonyl (C=O) groups excluding carboxylic acids is 2. The fraction of sp³-hybridized carbons (Fsp3) is 0.462. The summed E-state index contributed by atoms with van der Waals surface area (Å²) in [7, 11) is 3.16. The third-order valence-corrected chi connectivity index (χ3v) is 7.62. The minimum Gasteiger partial charge on any atom is -0.497 e. The number of aryl methyl sites for hydroxylation is 1. The van der Waals surface area contributed by atoms with Gasteiger partial charge in [-0.3, -0.25) is 9.59 Å². The molecule has 1 aliphatic heterocycles. The van der Waals surface area contributed by atoms with Crippen LogP contribution in [0.5, 0.6) is 11.5 Å². The normalized spacial score (nSPS) is 14.1. The molecule has 192 valence electrons. The van der Waals surface area contributed by atoms with Crippen molar-refractivity contribution in [3.8, 4) is 11.5 Å². The van der Waals surface area contributed by atoms with Crippen LogP contribution in [-0.2, 0) is 4.79 Å². The number of ether oxygens (including phenoxy) is 2. The number of rotatable bonds is 8. The summed E-state index contributed by atoms with van der Waals surface area (Å²) in [5.41, 5.74) is 2.98. The maximum atomic E-state index is 13.4. The quantitative estimate of drug-likeness (QED) is 0.480. The van der Waals surface area contributed by atoms with Gasteiger partial charge in [-0.2, -0.15) is 4.37 Å². The molecule has 1 saturated heterocycles. The topological polar surface area (TPSA) is 96.9 Å². The number of anilines is 2. The first-order valence-electron chi connectivity index (χ1n) is 12.2. The molecular weight excluding hydrogens is 478 g/mol. The molecule has 4 rings (SSSR count). The number of aromatic nitrogens is 2. The van der Waals surface area contributed by atoms with Crippen LogP contribution >= 0.6 is 11.5 Å². The van der Waals surface area contributed by atoms with Gasteiger partial charge in [-0.25, -0.2) is 4.98 Å². The molecule has 0 saturated carbocycles. The third kappa shape index (κ3) is 4.95. The summed E-state index contributed by atoms with van der Waals surface area (Å²) >= 11 is 1.35. The van der Waals surface area contributed by atoms with Crippen molar-refractivity contribution >= 4 is 44.9 Å². The highest BCUT2D eigenvalue weighted by molar-refractivity contribution is 7.13. The van der Waals surface area contributed by atoms with E-state index in [1.165, 1.54) is 11.5 Å². The maximum Gasteiger partial charge on any atom is 0.257 e. The molecule has 3 aromatic rings. The molecule has 1 fully saturated rings. The second-order valence-electron chi connectivity index (χ2n) is 8.76. The van der Waals surface area contributed by atoms with E-state index in [1.54, 1.807) is 38.6 Å². The number of fused-ring (bicyclic) bond motifs is 1. The first kappa shape index (κ1) is 25.7. The van der Waals surface area contributed by atoms with Crippen LogP contribution in [0.4, 0.5) is 11.4 Å². The van der Waals surface area contributed by atoms with E-state index in [1.807, 2.05) is 25.7 Å². The lowest BCUT2D eigenvalue weighted by Crippen LogP contribution is -2.40. The van der Waals surface area contributed by atoms with Gasteiger partial charge in [-0.05, 0) is 57.3 Å². The molecule has 0 spiro atoms. The molecule has 36 heavy (non-hydrogen) atoms. The minimum atomic E-state index is -0.144. The van der Waals surface area contributed by atoms with E-state index in [4.69, 9.17) is 9.47 Å². The van der Waals surface area contributed by atoms with Crippen molar-refractivity contribution in [1.29, 1.82) is 0 Å². The average Bonchev–Trinajstić information content (AvgIpc) is 3.29. The van der Waals surface area contributed by atoms with E-state index in [0.717, 1.165) is 21.6 Å². The number of hydrogen-bond donors (Lipinski definition) is 1. The van der Waals surface area contributed by atoms with Crippen LogP contribution in [0.1, 0.15) is 42.7 Å². The Labute approximate surface area is 215 Å². The maximum absolute atomic E-state index is 13.4. The highest BCUT2D eigenvalue weighted by Crippen LogP contribution is 2.37. The fourth-order valence-corrected chi connectivity index (χ4v) is 5.46. The first-order valence-corrected chi connectivity index (χ1v) is 13.0. The molecule has 0 radical (unpaired) electrons. The molecule has 1 aliphatic rings. The Morgan fingerprint density at radius 2 is 1.89 bits per heavy atom. The predicted octanol–water partition coefficient (Wildman–Crippen LogP) is 4.35. The van der Waals surface area contributed by atoms with Crippen LogP contribution in [0.25, 0.3) is 10.2 Å². The van der Waals surface area contributed by atoms with E-state index in [9.17, 15) is 9.59 Å². The molecule has 9 nitrogen and oxygen atoms in total. The first-order chi connectivity index (χ1) is 17.4. The van der Waals surface area contributed by atoms with Crippen LogP contribution in [0.15, 0.2) is 24.4 Å². The largest absolute Gasteiger partial charge is 0.497 e. The number of hydrogen-bond acceptors (Lipinski definition) is 8. The molecule has 1 aromatic carbocycles. The highest BCUT2D eigenvalue weighted by Gasteiger charge is 2.31. The highest BCUT2D eigenvalue weighted by atomic mass is 32.1.